The van der Waals surface area contributed by atoms with Gasteiger partial charge in [0.15, 0.2) is 5.78 Å². The van der Waals surface area contributed by atoms with E-state index in [2.05, 4.69) is 25.5 Å². The Morgan fingerprint density at radius 2 is 2.26 bits per heavy atom. The van der Waals surface area contributed by atoms with Crippen molar-refractivity contribution in [3.63, 3.8) is 0 Å². The number of Topliss-reactive ketones (excluding diaryl/α,β-unsaturated/α-hetero) is 1. The van der Waals surface area contributed by atoms with E-state index in [1.807, 2.05) is 6.92 Å². The minimum absolute atomic E-state index is 0.0167. The van der Waals surface area contributed by atoms with Crippen molar-refractivity contribution < 1.29 is 9.18 Å². The molecule has 0 unspecified atom stereocenters. The molecule has 100 valence electrons. The summed E-state index contributed by atoms with van der Waals surface area (Å²) in [6.45, 7) is 2.03. The van der Waals surface area contributed by atoms with E-state index in [-0.39, 0.29) is 18.0 Å². The van der Waals surface area contributed by atoms with E-state index in [0.717, 1.165) is 35.6 Å². The highest BCUT2D eigenvalue weighted by Crippen LogP contribution is 2.20. The van der Waals surface area contributed by atoms with Crippen molar-refractivity contribution in [2.24, 2.45) is 0 Å². The lowest BCUT2D eigenvalue weighted by molar-refractivity contribution is 0.0995. The predicted octanol–water partition coefficient (Wildman–Crippen LogP) is 3.82. The van der Waals surface area contributed by atoms with Crippen molar-refractivity contribution in [2.75, 3.05) is 0 Å². The molecule has 0 aliphatic carbocycles. The smallest absolute Gasteiger partial charge is 0.180 e. The summed E-state index contributed by atoms with van der Waals surface area (Å²) in [5.41, 5.74) is 1.54. The number of rotatable bonds is 5. The van der Waals surface area contributed by atoms with Crippen molar-refractivity contribution in [3.8, 4) is 0 Å². The zero-order chi connectivity index (χ0) is 13.8. The van der Waals surface area contributed by atoms with Gasteiger partial charge in [0.05, 0.1) is 10.2 Å². The number of aromatic nitrogens is 2. The Hall–Kier alpha value is -1.14. The molecule has 19 heavy (non-hydrogen) atoms. The van der Waals surface area contributed by atoms with E-state index in [1.165, 1.54) is 6.07 Å². The first-order chi connectivity index (χ1) is 9.11. The molecule has 0 bridgehead atoms. The standard InChI is InChI=1S/C13H12BrFN2OS/c1-2-3-11-13(19-17-16-11)12(18)7-8-4-5-10(15)9(14)6-8/h4-6H,2-3,7H2,1H3. The second kappa shape index (κ2) is 6.34. The van der Waals surface area contributed by atoms with Crippen LogP contribution in [-0.4, -0.2) is 15.4 Å². The number of carbonyl (C=O) groups is 1. The molecular weight excluding hydrogens is 331 g/mol. The molecule has 0 atom stereocenters. The highest BCUT2D eigenvalue weighted by Gasteiger charge is 2.16. The maximum Gasteiger partial charge on any atom is 0.180 e. The van der Waals surface area contributed by atoms with Gasteiger partial charge in [0, 0.05) is 6.42 Å². The lowest BCUT2D eigenvalue weighted by Gasteiger charge is -2.02. The predicted molar refractivity (Wildman–Crippen MR) is 76.0 cm³/mol. The van der Waals surface area contributed by atoms with Gasteiger partial charge in [0.2, 0.25) is 0 Å². The molecule has 6 heteroatoms. The fourth-order valence-corrected chi connectivity index (χ4v) is 2.81. The molecule has 0 aliphatic heterocycles. The molecule has 0 saturated carbocycles. The summed E-state index contributed by atoms with van der Waals surface area (Å²) in [7, 11) is 0. The summed E-state index contributed by atoms with van der Waals surface area (Å²) >= 11 is 4.24. The lowest BCUT2D eigenvalue weighted by Crippen LogP contribution is -2.05. The Bertz CT molecular complexity index is 600. The summed E-state index contributed by atoms with van der Waals surface area (Å²) in [6, 6.07) is 4.59. The van der Waals surface area contributed by atoms with Gasteiger partial charge in [0.1, 0.15) is 10.7 Å². The molecule has 0 spiro atoms. The van der Waals surface area contributed by atoms with E-state index < -0.39 is 0 Å². The van der Waals surface area contributed by atoms with Gasteiger partial charge in [-0.15, -0.1) is 5.10 Å². The normalized spacial score (nSPS) is 10.7. The number of carbonyl (C=O) groups excluding carboxylic acids is 1. The van der Waals surface area contributed by atoms with Gasteiger partial charge in [-0.3, -0.25) is 4.79 Å². The van der Waals surface area contributed by atoms with Crippen molar-refractivity contribution in [1.82, 2.24) is 9.59 Å². The van der Waals surface area contributed by atoms with Gasteiger partial charge in [0.25, 0.3) is 0 Å². The number of aryl methyl sites for hydroxylation is 1. The highest BCUT2D eigenvalue weighted by atomic mass is 79.9. The molecule has 2 aromatic rings. The van der Waals surface area contributed by atoms with Gasteiger partial charge in [-0.1, -0.05) is 23.9 Å². The van der Waals surface area contributed by atoms with Crippen LogP contribution in [0.15, 0.2) is 22.7 Å². The summed E-state index contributed by atoms with van der Waals surface area (Å²) in [4.78, 5) is 12.8. The summed E-state index contributed by atoms with van der Waals surface area (Å²) in [5, 5.41) is 3.98. The molecule has 1 aromatic carbocycles. The Morgan fingerprint density at radius 1 is 1.47 bits per heavy atom. The second-order valence-electron chi connectivity index (χ2n) is 4.15. The van der Waals surface area contributed by atoms with Crippen LogP contribution < -0.4 is 0 Å². The lowest BCUT2D eigenvalue weighted by atomic mass is 10.1. The third-order valence-electron chi connectivity index (χ3n) is 2.64. The molecule has 0 amide bonds. The van der Waals surface area contributed by atoms with Gasteiger partial charge < -0.3 is 0 Å². The molecular formula is C13H12BrFN2OS. The Labute approximate surface area is 123 Å². The van der Waals surface area contributed by atoms with Crippen LogP contribution in [0.3, 0.4) is 0 Å². The van der Waals surface area contributed by atoms with Crippen LogP contribution in [0.4, 0.5) is 4.39 Å². The first kappa shape index (κ1) is 14.3. The molecule has 2 rings (SSSR count). The Kier molecular flexibility index (Phi) is 4.76. The summed E-state index contributed by atoms with van der Waals surface area (Å²) in [6.07, 6.45) is 1.91. The number of hydrogen-bond acceptors (Lipinski definition) is 4. The van der Waals surface area contributed by atoms with E-state index in [1.54, 1.807) is 12.1 Å². The van der Waals surface area contributed by atoms with E-state index >= 15 is 0 Å². The fraction of sp³-hybridized carbons (Fsp3) is 0.308. The largest absolute Gasteiger partial charge is 0.293 e. The first-order valence-electron chi connectivity index (χ1n) is 5.90. The monoisotopic (exact) mass is 342 g/mol. The minimum atomic E-state index is -0.331. The van der Waals surface area contributed by atoms with Crippen LogP contribution in [-0.2, 0) is 12.8 Å². The van der Waals surface area contributed by atoms with E-state index in [9.17, 15) is 9.18 Å². The zero-order valence-corrected chi connectivity index (χ0v) is 12.7. The van der Waals surface area contributed by atoms with Crippen molar-refractivity contribution in [1.29, 1.82) is 0 Å². The van der Waals surface area contributed by atoms with Gasteiger partial charge in [-0.2, -0.15) is 0 Å². The highest BCUT2D eigenvalue weighted by molar-refractivity contribution is 9.10. The number of benzene rings is 1. The van der Waals surface area contributed by atoms with Crippen LogP contribution >= 0.6 is 27.5 Å². The average molecular weight is 343 g/mol. The minimum Gasteiger partial charge on any atom is -0.293 e. The second-order valence-corrected chi connectivity index (χ2v) is 5.76. The van der Waals surface area contributed by atoms with E-state index in [0.29, 0.717) is 9.35 Å². The number of ketones is 1. The van der Waals surface area contributed by atoms with Crippen LogP contribution in [0, 0.1) is 5.82 Å². The third kappa shape index (κ3) is 3.45. The van der Waals surface area contributed by atoms with Crippen LogP contribution in [0.1, 0.15) is 34.3 Å². The average Bonchev–Trinajstić information content (AvgIpc) is 2.83. The molecule has 0 aliphatic rings. The molecule has 1 heterocycles. The van der Waals surface area contributed by atoms with Crippen LogP contribution in [0.2, 0.25) is 0 Å². The van der Waals surface area contributed by atoms with Crippen molar-refractivity contribution >= 4 is 33.2 Å². The van der Waals surface area contributed by atoms with Gasteiger partial charge >= 0.3 is 0 Å². The maximum atomic E-state index is 13.1. The molecule has 0 radical (unpaired) electrons. The zero-order valence-electron chi connectivity index (χ0n) is 10.3. The van der Waals surface area contributed by atoms with Gasteiger partial charge in [-0.25, -0.2) is 4.39 Å². The topological polar surface area (TPSA) is 42.9 Å². The summed E-state index contributed by atoms with van der Waals surface area (Å²) in [5.74, 6) is -0.348. The molecule has 0 fully saturated rings. The van der Waals surface area contributed by atoms with E-state index in [4.69, 9.17) is 0 Å². The Morgan fingerprint density at radius 3 is 2.95 bits per heavy atom. The van der Waals surface area contributed by atoms with Crippen LogP contribution in [0.5, 0.6) is 0 Å². The first-order valence-corrected chi connectivity index (χ1v) is 7.46. The van der Waals surface area contributed by atoms with Crippen LogP contribution in [0.25, 0.3) is 0 Å². The fourth-order valence-electron chi connectivity index (χ4n) is 1.74. The Balaban J connectivity index is 2.16. The summed E-state index contributed by atoms with van der Waals surface area (Å²) < 4.78 is 17.3. The van der Waals surface area contributed by atoms with Gasteiger partial charge in [-0.05, 0) is 51.6 Å². The third-order valence-corrected chi connectivity index (χ3v) is 4.06. The molecule has 0 saturated heterocycles. The number of nitrogens with zero attached hydrogens (tertiary/aromatic N) is 2. The molecule has 1 aromatic heterocycles. The quantitative estimate of drug-likeness (QED) is 0.775. The molecule has 3 nitrogen and oxygen atoms in total. The molecule has 0 N–H and O–H groups in total. The maximum absolute atomic E-state index is 13.1. The van der Waals surface area contributed by atoms with Crippen molar-refractivity contribution in [3.05, 3.63) is 44.6 Å². The SMILES string of the molecule is CCCc1nnsc1C(=O)Cc1ccc(F)c(Br)c1. The number of hydrogen-bond donors (Lipinski definition) is 0. The number of halogens is 2. The van der Waals surface area contributed by atoms with Crippen molar-refractivity contribution in [2.45, 2.75) is 26.2 Å².